The summed E-state index contributed by atoms with van der Waals surface area (Å²) in [5, 5.41) is 0. The van der Waals surface area contributed by atoms with Gasteiger partial charge in [-0.2, -0.15) is 0 Å². The lowest BCUT2D eigenvalue weighted by Crippen LogP contribution is -2.38. The van der Waals surface area contributed by atoms with Crippen LogP contribution in [-0.4, -0.2) is 12.3 Å². The molecule has 0 aromatic rings. The summed E-state index contributed by atoms with van der Waals surface area (Å²) >= 11 is 13.9. The molecule has 0 aliphatic carbocycles. The highest BCUT2D eigenvalue weighted by molar-refractivity contribution is 9.27. The number of ketones is 1. The summed E-state index contributed by atoms with van der Waals surface area (Å²) in [5.74, 6) is 0.113. The van der Waals surface area contributed by atoms with Crippen LogP contribution < -0.4 is 0 Å². The molecule has 0 spiro atoms. The Morgan fingerprint density at radius 3 is 1.44 bits per heavy atom. The molecule has 0 atom stereocenters. The van der Waals surface area contributed by atoms with Crippen LogP contribution in [0.2, 0.25) is 0 Å². The zero-order valence-corrected chi connectivity index (χ0v) is 16.0. The average Bonchev–Trinajstić information content (AvgIpc) is 2.22. The fourth-order valence-electron chi connectivity index (χ4n) is 1.29. The molecule has 0 N–H and O–H groups in total. The normalized spacial score (nSPS) is 12.9. The van der Waals surface area contributed by atoms with Gasteiger partial charge in [0.25, 0.3) is 0 Å². The lowest BCUT2D eigenvalue weighted by Gasteiger charge is -2.27. The van der Waals surface area contributed by atoms with E-state index < -0.39 is 6.47 Å². The van der Waals surface area contributed by atoms with Crippen LogP contribution in [0.5, 0.6) is 0 Å². The first kappa shape index (κ1) is 17.6. The zero-order chi connectivity index (χ0) is 12.8. The van der Waals surface area contributed by atoms with Gasteiger partial charge in [0.1, 0.15) is 6.47 Å². The van der Waals surface area contributed by atoms with Crippen molar-refractivity contribution in [1.29, 1.82) is 0 Å². The van der Waals surface area contributed by atoms with Gasteiger partial charge in [-0.25, -0.2) is 0 Å². The molecule has 0 fully saturated rings. The van der Waals surface area contributed by atoms with Gasteiger partial charge >= 0.3 is 0 Å². The Kier molecular flexibility index (Phi) is 8.69. The summed E-state index contributed by atoms with van der Waals surface area (Å²) in [5.41, 5.74) is 0. The van der Waals surface area contributed by atoms with Crippen molar-refractivity contribution >= 4 is 69.5 Å². The molecular weight excluding hydrogens is 468 g/mol. The minimum absolute atomic E-state index is 0.113. The molecular formula is C11H18Br4O. The second-order valence-electron chi connectivity index (χ2n) is 3.95. The Bertz CT molecular complexity index is 204. The first-order valence-electron chi connectivity index (χ1n) is 5.58. The Hall–Kier alpha value is 1.59. The van der Waals surface area contributed by atoms with E-state index in [2.05, 4.69) is 77.6 Å². The maximum absolute atomic E-state index is 12.3. The highest BCUT2D eigenvalue weighted by Gasteiger charge is 2.44. The Balaban J connectivity index is 4.49. The van der Waals surface area contributed by atoms with E-state index in [1.54, 1.807) is 0 Å². The van der Waals surface area contributed by atoms with Crippen molar-refractivity contribution in [3.05, 3.63) is 0 Å². The molecule has 0 rings (SSSR count). The summed E-state index contributed by atoms with van der Waals surface area (Å²) in [7, 11) is 0. The first-order chi connectivity index (χ1) is 7.28. The number of alkyl halides is 4. The first-order valence-corrected chi connectivity index (χ1v) is 8.75. The third-order valence-electron chi connectivity index (χ3n) is 2.35. The van der Waals surface area contributed by atoms with Crippen molar-refractivity contribution in [3.63, 3.8) is 0 Å². The minimum atomic E-state index is -0.614. The lowest BCUT2D eigenvalue weighted by molar-refractivity contribution is -0.119. The standard InChI is InChI=1S/C11H18Br4O/c1-3-5-7-10(12,13)9(16)11(14,15)8-6-4-2/h3-8H2,1-2H3. The van der Waals surface area contributed by atoms with Gasteiger partial charge in [-0.3, -0.25) is 4.79 Å². The fourth-order valence-corrected chi connectivity index (χ4v) is 4.83. The van der Waals surface area contributed by atoms with E-state index in [1.165, 1.54) is 0 Å². The molecule has 0 unspecified atom stereocenters. The van der Waals surface area contributed by atoms with Crippen LogP contribution in [0.3, 0.4) is 0 Å². The van der Waals surface area contributed by atoms with Gasteiger partial charge < -0.3 is 0 Å². The molecule has 5 heteroatoms. The number of carbonyl (C=O) groups is 1. The molecule has 0 saturated carbocycles. The maximum atomic E-state index is 12.3. The molecule has 0 aromatic heterocycles. The number of unbranched alkanes of at least 4 members (excludes halogenated alkanes) is 2. The van der Waals surface area contributed by atoms with Crippen LogP contribution in [0.1, 0.15) is 52.4 Å². The number of hydrogen-bond donors (Lipinski definition) is 0. The number of carbonyl (C=O) groups excluding carboxylic acids is 1. The molecule has 0 amide bonds. The smallest absolute Gasteiger partial charge is 0.187 e. The Morgan fingerprint density at radius 2 is 1.19 bits per heavy atom. The molecule has 0 saturated heterocycles. The highest BCUT2D eigenvalue weighted by atomic mass is 79.9. The summed E-state index contributed by atoms with van der Waals surface area (Å²) < 4.78 is -1.23. The number of hydrogen-bond acceptors (Lipinski definition) is 1. The third kappa shape index (κ3) is 5.96. The van der Waals surface area contributed by atoms with Crippen molar-refractivity contribution in [2.45, 2.75) is 58.8 Å². The van der Waals surface area contributed by atoms with Crippen molar-refractivity contribution < 1.29 is 4.79 Å². The second kappa shape index (κ2) is 7.90. The van der Waals surface area contributed by atoms with Crippen molar-refractivity contribution in [1.82, 2.24) is 0 Å². The SMILES string of the molecule is CCCCC(Br)(Br)C(=O)C(Br)(Br)CCCC. The lowest BCUT2D eigenvalue weighted by atomic mass is 10.1. The largest absolute Gasteiger partial charge is 0.295 e. The fraction of sp³-hybridized carbons (Fsp3) is 0.909. The highest BCUT2D eigenvalue weighted by Crippen LogP contribution is 2.44. The van der Waals surface area contributed by atoms with Crippen LogP contribution in [0, 0.1) is 0 Å². The van der Waals surface area contributed by atoms with Gasteiger partial charge in [0.2, 0.25) is 0 Å². The topological polar surface area (TPSA) is 17.1 Å². The Morgan fingerprint density at radius 1 is 0.875 bits per heavy atom. The van der Waals surface area contributed by atoms with Crippen LogP contribution in [0.25, 0.3) is 0 Å². The van der Waals surface area contributed by atoms with E-state index in [1.807, 2.05) is 0 Å². The van der Waals surface area contributed by atoms with Gasteiger partial charge in [-0.1, -0.05) is 103 Å². The van der Waals surface area contributed by atoms with Gasteiger partial charge in [-0.15, -0.1) is 0 Å². The van der Waals surface area contributed by atoms with Crippen molar-refractivity contribution in [2.75, 3.05) is 0 Å². The zero-order valence-electron chi connectivity index (χ0n) is 9.66. The summed E-state index contributed by atoms with van der Waals surface area (Å²) in [4.78, 5) is 12.3. The van der Waals surface area contributed by atoms with Crippen LogP contribution in [0.4, 0.5) is 0 Å². The third-order valence-corrected chi connectivity index (χ3v) is 5.38. The number of Topliss-reactive ketones (excluding diaryl/α,β-unsaturated/α-hetero) is 1. The van der Waals surface area contributed by atoms with Crippen LogP contribution in [-0.2, 0) is 4.79 Å². The maximum Gasteiger partial charge on any atom is 0.187 e. The summed E-state index contributed by atoms with van der Waals surface area (Å²) in [6.07, 6.45) is 5.80. The molecule has 0 aliphatic rings. The molecule has 0 aromatic carbocycles. The van der Waals surface area contributed by atoms with Crippen LogP contribution in [0.15, 0.2) is 0 Å². The summed E-state index contributed by atoms with van der Waals surface area (Å²) in [6, 6.07) is 0. The quantitative estimate of drug-likeness (QED) is 0.391. The minimum Gasteiger partial charge on any atom is -0.295 e. The van der Waals surface area contributed by atoms with E-state index in [-0.39, 0.29) is 5.78 Å². The van der Waals surface area contributed by atoms with E-state index in [0.717, 1.165) is 38.5 Å². The van der Waals surface area contributed by atoms with Gasteiger partial charge in [-0.05, 0) is 12.8 Å². The van der Waals surface area contributed by atoms with Crippen LogP contribution >= 0.6 is 63.7 Å². The van der Waals surface area contributed by atoms with E-state index in [0.29, 0.717) is 0 Å². The summed E-state index contributed by atoms with van der Waals surface area (Å²) in [6.45, 7) is 4.24. The Labute approximate surface area is 132 Å². The molecule has 16 heavy (non-hydrogen) atoms. The molecule has 0 bridgehead atoms. The number of halogens is 4. The predicted molar refractivity (Wildman–Crippen MR) is 85.2 cm³/mol. The molecule has 1 nitrogen and oxygen atoms in total. The monoisotopic (exact) mass is 482 g/mol. The molecule has 0 heterocycles. The molecule has 0 aliphatic heterocycles. The van der Waals surface area contributed by atoms with E-state index in [4.69, 9.17) is 0 Å². The van der Waals surface area contributed by atoms with Gasteiger partial charge in [0.15, 0.2) is 5.78 Å². The van der Waals surface area contributed by atoms with E-state index >= 15 is 0 Å². The second-order valence-corrected chi connectivity index (χ2v) is 11.5. The van der Waals surface area contributed by atoms with Crippen molar-refractivity contribution in [3.8, 4) is 0 Å². The van der Waals surface area contributed by atoms with E-state index in [9.17, 15) is 4.79 Å². The van der Waals surface area contributed by atoms with Gasteiger partial charge in [0, 0.05) is 0 Å². The van der Waals surface area contributed by atoms with Gasteiger partial charge in [0.05, 0.1) is 0 Å². The predicted octanol–water partition coefficient (Wildman–Crippen LogP) is 5.91. The average molecular weight is 486 g/mol. The molecule has 96 valence electrons. The number of rotatable bonds is 8. The molecule has 0 radical (unpaired) electrons. The van der Waals surface area contributed by atoms with Crippen molar-refractivity contribution in [2.24, 2.45) is 0 Å².